The smallest absolute Gasteiger partial charge is 0.328 e. The van der Waals surface area contributed by atoms with E-state index >= 15 is 0 Å². The molecule has 1 aromatic rings. The van der Waals surface area contributed by atoms with Crippen molar-refractivity contribution in [2.24, 2.45) is 5.73 Å². The molecule has 1 spiro atoms. The Kier molecular flexibility index (Phi) is 6.75. The molecule has 2 aliphatic heterocycles. The number of hydrogen-bond acceptors (Lipinski definition) is 7. The summed E-state index contributed by atoms with van der Waals surface area (Å²) in [5, 5.41) is 19.9. The number of nitrogens with two attached hydrogens (primary N) is 1. The van der Waals surface area contributed by atoms with E-state index in [2.05, 4.69) is 20.9 Å². The van der Waals surface area contributed by atoms with Crippen molar-refractivity contribution in [2.45, 2.75) is 62.3 Å². The lowest BCUT2D eigenvalue weighted by Gasteiger charge is -2.51. The molecule has 0 unspecified atom stereocenters. The number of halogens is 1. The maximum Gasteiger partial charge on any atom is 0.328 e. The summed E-state index contributed by atoms with van der Waals surface area (Å²) in [4.78, 5) is 50.8. The molecule has 1 aromatic heterocycles. The summed E-state index contributed by atoms with van der Waals surface area (Å²) in [6.45, 7) is 2.46. The van der Waals surface area contributed by atoms with Gasteiger partial charge in [-0.15, -0.1) is 0 Å². The number of aromatic nitrogens is 2. The number of nitrogens with zero attached hydrogens (tertiary/aromatic N) is 2. The molecule has 0 aliphatic carbocycles. The number of carbonyl (C=O) groups excluding carboxylic acids is 1. The van der Waals surface area contributed by atoms with Gasteiger partial charge in [-0.2, -0.15) is 0 Å². The number of carbonyl (C=O) groups is 2. The summed E-state index contributed by atoms with van der Waals surface area (Å²) in [6, 6.07) is -1.56. The van der Waals surface area contributed by atoms with E-state index in [0.717, 1.165) is 0 Å². The summed E-state index contributed by atoms with van der Waals surface area (Å²) in [5.74, 6) is -1.29. The zero-order valence-corrected chi connectivity index (χ0v) is 18.8. The first kappa shape index (κ1) is 23.6. The van der Waals surface area contributed by atoms with Crippen LogP contribution in [0.2, 0.25) is 0 Å². The number of H-pyrrole nitrogens is 1. The molecule has 172 valence electrons. The van der Waals surface area contributed by atoms with E-state index in [0.29, 0.717) is 25.9 Å². The fourth-order valence-corrected chi connectivity index (χ4v) is 4.74. The molecule has 3 atom stereocenters. The van der Waals surface area contributed by atoms with Gasteiger partial charge >= 0.3 is 11.7 Å². The van der Waals surface area contributed by atoms with E-state index in [1.165, 1.54) is 10.8 Å². The fourth-order valence-electron chi connectivity index (χ4n) is 4.42. The summed E-state index contributed by atoms with van der Waals surface area (Å²) in [7, 11) is 0. The largest absolute Gasteiger partial charge is 0.481 e. The number of rotatable bonds is 5. The second-order valence-electron chi connectivity index (χ2n) is 8.55. The van der Waals surface area contributed by atoms with Crippen LogP contribution in [-0.2, 0) is 14.3 Å². The van der Waals surface area contributed by atoms with Gasteiger partial charge in [-0.1, -0.05) is 0 Å². The number of aliphatic carboxylic acids is 1. The topological polar surface area (TPSA) is 168 Å². The van der Waals surface area contributed by atoms with E-state index in [1.54, 1.807) is 11.8 Å². The Morgan fingerprint density at radius 1 is 1.39 bits per heavy atom. The molecule has 5 N–H and O–H groups in total. The van der Waals surface area contributed by atoms with E-state index in [1.807, 2.05) is 0 Å². The third-order valence-corrected chi connectivity index (χ3v) is 6.74. The van der Waals surface area contributed by atoms with Gasteiger partial charge < -0.3 is 25.6 Å². The normalized spacial score (nSPS) is 26.6. The number of likely N-dealkylation sites (tertiary alicyclic amines) is 1. The van der Waals surface area contributed by atoms with Crippen LogP contribution in [0.5, 0.6) is 0 Å². The summed E-state index contributed by atoms with van der Waals surface area (Å²) < 4.78 is 7.57. The first-order valence-electron chi connectivity index (χ1n) is 10.1. The van der Waals surface area contributed by atoms with Crippen molar-refractivity contribution < 1.29 is 24.5 Å². The van der Waals surface area contributed by atoms with Crippen LogP contribution in [0.4, 0.5) is 0 Å². The number of aliphatic hydroxyl groups is 1. The van der Waals surface area contributed by atoms with Crippen molar-refractivity contribution in [3.63, 3.8) is 0 Å². The zero-order valence-electron chi connectivity index (χ0n) is 17.2. The van der Waals surface area contributed by atoms with Crippen molar-refractivity contribution in [2.75, 3.05) is 19.7 Å². The van der Waals surface area contributed by atoms with Gasteiger partial charge in [0.2, 0.25) is 5.91 Å². The molecular formula is C19H27BrN4O7. The number of amides is 1. The van der Waals surface area contributed by atoms with E-state index in [4.69, 9.17) is 15.6 Å². The van der Waals surface area contributed by atoms with Gasteiger partial charge in [0.25, 0.3) is 5.56 Å². The van der Waals surface area contributed by atoms with Crippen molar-refractivity contribution in [3.8, 4) is 0 Å². The van der Waals surface area contributed by atoms with E-state index < -0.39 is 40.5 Å². The SMILES string of the molecule is C[C@]1(O)CC2(CCN(C(=O)[C@@H](N)CCC(=O)O)CC2)OC[C@@H]1n1cc(Br)c(=O)[nH]c1=O. The average Bonchev–Trinajstić information content (AvgIpc) is 2.69. The number of piperidine rings is 1. The Morgan fingerprint density at radius 2 is 2.03 bits per heavy atom. The van der Waals surface area contributed by atoms with Crippen LogP contribution in [0.15, 0.2) is 20.3 Å². The van der Waals surface area contributed by atoms with Gasteiger partial charge in [-0.3, -0.25) is 23.9 Å². The molecule has 0 saturated carbocycles. The van der Waals surface area contributed by atoms with Crippen LogP contribution in [-0.4, -0.2) is 73.5 Å². The van der Waals surface area contributed by atoms with E-state index in [-0.39, 0.29) is 36.2 Å². The molecule has 2 aliphatic rings. The molecule has 2 fully saturated rings. The molecule has 0 radical (unpaired) electrons. The number of aromatic amines is 1. The number of hydrogen-bond donors (Lipinski definition) is 4. The minimum atomic E-state index is -1.29. The first-order valence-corrected chi connectivity index (χ1v) is 10.9. The highest BCUT2D eigenvalue weighted by Crippen LogP contribution is 2.43. The highest BCUT2D eigenvalue weighted by molar-refractivity contribution is 9.10. The van der Waals surface area contributed by atoms with Gasteiger partial charge in [0, 0.05) is 32.1 Å². The van der Waals surface area contributed by atoms with Crippen LogP contribution >= 0.6 is 15.9 Å². The third kappa shape index (κ3) is 5.08. The molecule has 3 rings (SSSR count). The van der Waals surface area contributed by atoms with Crippen LogP contribution in [0.25, 0.3) is 0 Å². The van der Waals surface area contributed by atoms with Gasteiger partial charge in [-0.05, 0) is 42.1 Å². The Morgan fingerprint density at radius 3 is 2.61 bits per heavy atom. The number of carboxylic acid groups (broad SMARTS) is 1. The molecule has 12 heteroatoms. The highest BCUT2D eigenvalue weighted by atomic mass is 79.9. The Balaban J connectivity index is 1.66. The fraction of sp³-hybridized carbons (Fsp3) is 0.684. The summed E-state index contributed by atoms with van der Waals surface area (Å²) in [5.41, 5.74) is 2.73. The summed E-state index contributed by atoms with van der Waals surface area (Å²) >= 11 is 3.10. The average molecular weight is 503 g/mol. The standard InChI is InChI=1S/C19H27BrN4O7/c1-18(30)10-19(31-9-13(18)24-8-11(20)15(27)22-17(24)29)4-6-23(7-5-19)16(28)12(21)2-3-14(25)26/h8,12-13,30H,2-7,9-10,21H2,1H3,(H,25,26)(H,22,27,29)/t12-,13-,18-/m0/s1. The maximum atomic E-state index is 12.5. The Labute approximate surface area is 186 Å². The van der Waals surface area contributed by atoms with Crippen molar-refractivity contribution >= 4 is 27.8 Å². The Bertz CT molecular complexity index is 965. The number of ether oxygens (including phenoxy) is 1. The third-order valence-electron chi connectivity index (χ3n) is 6.18. The van der Waals surface area contributed by atoms with E-state index in [9.17, 15) is 24.3 Å². The number of carboxylic acids is 1. The van der Waals surface area contributed by atoms with Crippen molar-refractivity contribution in [1.82, 2.24) is 14.5 Å². The first-order chi connectivity index (χ1) is 14.4. The van der Waals surface area contributed by atoms with Crippen LogP contribution in [0, 0.1) is 0 Å². The highest BCUT2D eigenvalue weighted by Gasteiger charge is 2.50. The molecule has 31 heavy (non-hydrogen) atoms. The van der Waals surface area contributed by atoms with Gasteiger partial charge in [-0.25, -0.2) is 4.79 Å². The minimum absolute atomic E-state index is 0.0669. The summed E-state index contributed by atoms with van der Waals surface area (Å²) in [6.07, 6.45) is 2.47. The second kappa shape index (κ2) is 8.85. The lowest BCUT2D eigenvalue weighted by Crippen LogP contribution is -2.60. The number of nitrogens with one attached hydrogen (secondary N) is 1. The molecule has 0 bridgehead atoms. The molecule has 2 saturated heterocycles. The maximum absolute atomic E-state index is 12.5. The quantitative estimate of drug-likeness (QED) is 0.420. The van der Waals surface area contributed by atoms with Crippen LogP contribution in [0.1, 0.15) is 45.1 Å². The second-order valence-corrected chi connectivity index (χ2v) is 9.41. The molecule has 1 amide bonds. The van der Waals surface area contributed by atoms with Crippen LogP contribution < -0.4 is 17.0 Å². The Hall–Kier alpha value is -2.02. The van der Waals surface area contributed by atoms with Crippen LogP contribution in [0.3, 0.4) is 0 Å². The van der Waals surface area contributed by atoms with Gasteiger partial charge in [0.15, 0.2) is 0 Å². The van der Waals surface area contributed by atoms with Gasteiger partial charge in [0.05, 0.1) is 34.4 Å². The molecular weight excluding hydrogens is 476 g/mol. The van der Waals surface area contributed by atoms with Crippen molar-refractivity contribution in [1.29, 1.82) is 0 Å². The lowest BCUT2D eigenvalue weighted by atomic mass is 9.75. The molecule has 0 aromatic carbocycles. The molecule has 11 nitrogen and oxygen atoms in total. The predicted molar refractivity (Wildman–Crippen MR) is 113 cm³/mol. The zero-order chi connectivity index (χ0) is 23.0. The van der Waals surface area contributed by atoms with Gasteiger partial charge in [0.1, 0.15) is 0 Å². The minimum Gasteiger partial charge on any atom is -0.481 e. The van der Waals surface area contributed by atoms with Crippen molar-refractivity contribution in [3.05, 3.63) is 31.5 Å². The molecule has 3 heterocycles. The predicted octanol–water partition coefficient (Wildman–Crippen LogP) is -0.435. The monoisotopic (exact) mass is 502 g/mol. The lowest BCUT2D eigenvalue weighted by molar-refractivity contribution is -0.198.